The maximum atomic E-state index is 5.91. The number of fused-ring (bicyclic) bond motifs is 1. The molecule has 0 unspecified atom stereocenters. The predicted molar refractivity (Wildman–Crippen MR) is 83.2 cm³/mol. The quantitative estimate of drug-likeness (QED) is 0.825. The molecule has 0 atom stereocenters. The highest BCUT2D eigenvalue weighted by Crippen LogP contribution is 2.29. The summed E-state index contributed by atoms with van der Waals surface area (Å²) < 4.78 is 2.40. The number of benzene rings is 1. The normalized spacial score (nSPS) is 11.9. The van der Waals surface area contributed by atoms with E-state index in [2.05, 4.69) is 50.5 Å². The maximum Gasteiger partial charge on any atom is 0.0505 e. The van der Waals surface area contributed by atoms with E-state index in [1.807, 2.05) is 17.8 Å². The van der Waals surface area contributed by atoms with Crippen LogP contribution in [0, 0.1) is 0 Å². The molecular formula is C15H22N2S. The van der Waals surface area contributed by atoms with Crippen LogP contribution in [0.2, 0.25) is 0 Å². The van der Waals surface area contributed by atoms with Gasteiger partial charge in [0.1, 0.15) is 0 Å². The van der Waals surface area contributed by atoms with Gasteiger partial charge in [0.05, 0.1) is 5.52 Å². The van der Waals surface area contributed by atoms with Crippen molar-refractivity contribution in [3.8, 4) is 0 Å². The van der Waals surface area contributed by atoms with Gasteiger partial charge in [-0.1, -0.05) is 19.9 Å². The Kier molecular flexibility index (Phi) is 3.91. The molecule has 0 aliphatic carbocycles. The molecule has 0 spiro atoms. The van der Waals surface area contributed by atoms with Crippen molar-refractivity contribution in [2.75, 3.05) is 5.73 Å². The molecule has 2 N–H and O–H groups in total. The van der Waals surface area contributed by atoms with Gasteiger partial charge in [-0.25, -0.2) is 0 Å². The van der Waals surface area contributed by atoms with Gasteiger partial charge in [-0.15, -0.1) is 0 Å². The van der Waals surface area contributed by atoms with Gasteiger partial charge in [0.15, 0.2) is 0 Å². The van der Waals surface area contributed by atoms with Crippen LogP contribution in [-0.4, -0.2) is 9.82 Å². The zero-order valence-corrected chi connectivity index (χ0v) is 12.4. The number of thioether (sulfide) groups is 1. The highest BCUT2D eigenvalue weighted by molar-refractivity contribution is 7.99. The van der Waals surface area contributed by atoms with E-state index in [0.717, 1.165) is 11.4 Å². The molecule has 2 rings (SSSR count). The summed E-state index contributed by atoms with van der Waals surface area (Å²) in [5.41, 5.74) is 9.39. The average Bonchev–Trinajstić information content (AvgIpc) is 2.63. The molecular weight excluding hydrogens is 240 g/mol. The molecule has 0 radical (unpaired) electrons. The van der Waals surface area contributed by atoms with Crippen LogP contribution >= 0.6 is 11.8 Å². The summed E-state index contributed by atoms with van der Waals surface area (Å²) in [5.74, 6) is 1.06. The van der Waals surface area contributed by atoms with Crippen LogP contribution in [0.25, 0.3) is 10.9 Å². The number of nitrogen functional groups attached to an aromatic ring is 1. The Balaban J connectivity index is 2.48. The van der Waals surface area contributed by atoms with Crippen LogP contribution < -0.4 is 5.73 Å². The molecule has 0 fully saturated rings. The first kappa shape index (κ1) is 13.3. The lowest BCUT2D eigenvalue weighted by atomic mass is 10.2. The van der Waals surface area contributed by atoms with E-state index in [-0.39, 0.29) is 0 Å². The number of rotatable bonds is 4. The number of anilines is 1. The zero-order chi connectivity index (χ0) is 13.3. The van der Waals surface area contributed by atoms with Crippen molar-refractivity contribution in [2.24, 2.45) is 0 Å². The molecule has 3 heteroatoms. The van der Waals surface area contributed by atoms with Crippen LogP contribution in [0.5, 0.6) is 0 Å². The Hall–Kier alpha value is -1.09. The molecule has 18 heavy (non-hydrogen) atoms. The second-order valence-corrected chi connectivity index (χ2v) is 6.84. The molecule has 2 nitrogen and oxygen atoms in total. The smallest absolute Gasteiger partial charge is 0.0505 e. The highest BCUT2D eigenvalue weighted by Gasteiger charge is 2.12. The minimum absolute atomic E-state index is 0.465. The van der Waals surface area contributed by atoms with Crippen LogP contribution in [0.15, 0.2) is 24.3 Å². The van der Waals surface area contributed by atoms with Gasteiger partial charge in [0, 0.05) is 28.6 Å². The van der Waals surface area contributed by atoms with Crippen LogP contribution in [0.1, 0.15) is 39.4 Å². The van der Waals surface area contributed by atoms with Gasteiger partial charge in [-0.05, 0) is 37.3 Å². The lowest BCUT2D eigenvalue weighted by Crippen LogP contribution is -2.05. The lowest BCUT2D eigenvalue weighted by Gasteiger charge is -2.15. The van der Waals surface area contributed by atoms with Gasteiger partial charge < -0.3 is 10.3 Å². The summed E-state index contributed by atoms with van der Waals surface area (Å²) in [7, 11) is 0. The summed E-state index contributed by atoms with van der Waals surface area (Å²) in [6.07, 6.45) is 0. The molecule has 2 aromatic rings. The molecule has 1 aromatic carbocycles. The lowest BCUT2D eigenvalue weighted by molar-refractivity contribution is 0.606. The summed E-state index contributed by atoms with van der Waals surface area (Å²) in [6, 6.07) is 8.94. The molecule has 1 aromatic heterocycles. The van der Waals surface area contributed by atoms with Crippen molar-refractivity contribution in [1.29, 1.82) is 0 Å². The summed E-state index contributed by atoms with van der Waals surface area (Å²) in [5, 5.41) is 1.95. The predicted octanol–water partition coefficient (Wildman–Crippen LogP) is 4.45. The number of hydrogen-bond donors (Lipinski definition) is 1. The topological polar surface area (TPSA) is 30.9 Å². The first-order valence-electron chi connectivity index (χ1n) is 6.50. The molecule has 0 amide bonds. The van der Waals surface area contributed by atoms with E-state index in [1.54, 1.807) is 0 Å². The van der Waals surface area contributed by atoms with Crippen LogP contribution in [-0.2, 0) is 5.75 Å². The number of nitrogens with two attached hydrogens (primary N) is 1. The fraction of sp³-hybridized carbons (Fsp3) is 0.467. The molecule has 98 valence electrons. The third kappa shape index (κ3) is 2.66. The fourth-order valence-corrected chi connectivity index (χ4v) is 2.99. The van der Waals surface area contributed by atoms with Gasteiger partial charge in [-0.2, -0.15) is 11.8 Å². The Morgan fingerprint density at radius 2 is 1.89 bits per heavy atom. The molecule has 1 heterocycles. The van der Waals surface area contributed by atoms with Crippen molar-refractivity contribution in [1.82, 2.24) is 4.57 Å². The van der Waals surface area contributed by atoms with E-state index in [0.29, 0.717) is 11.3 Å². The van der Waals surface area contributed by atoms with Gasteiger partial charge in [-0.3, -0.25) is 0 Å². The molecule has 0 aliphatic rings. The summed E-state index contributed by atoms with van der Waals surface area (Å²) in [6.45, 7) is 8.94. The Morgan fingerprint density at radius 3 is 2.50 bits per heavy atom. The Morgan fingerprint density at radius 1 is 1.17 bits per heavy atom. The standard InChI is InChI=1S/C15H22N2S/c1-10(2)17-14(9-18-11(3)4)7-12-5-6-13(16)8-15(12)17/h5-8,10-11H,9,16H2,1-4H3. The van der Waals surface area contributed by atoms with E-state index >= 15 is 0 Å². The summed E-state index contributed by atoms with van der Waals surface area (Å²) in [4.78, 5) is 0. The first-order valence-corrected chi connectivity index (χ1v) is 7.55. The third-order valence-electron chi connectivity index (χ3n) is 3.03. The average molecular weight is 262 g/mol. The monoisotopic (exact) mass is 262 g/mol. The van der Waals surface area contributed by atoms with Crippen molar-refractivity contribution in [3.05, 3.63) is 30.0 Å². The fourth-order valence-electron chi connectivity index (χ4n) is 2.27. The molecule has 0 saturated heterocycles. The Labute approximate surface area is 114 Å². The largest absolute Gasteiger partial charge is 0.399 e. The van der Waals surface area contributed by atoms with Crippen LogP contribution in [0.4, 0.5) is 5.69 Å². The van der Waals surface area contributed by atoms with Crippen molar-refractivity contribution < 1.29 is 0 Å². The zero-order valence-electron chi connectivity index (χ0n) is 11.6. The van der Waals surface area contributed by atoms with E-state index in [1.165, 1.54) is 16.6 Å². The molecule has 0 saturated carbocycles. The Bertz CT molecular complexity index is 541. The first-order chi connectivity index (χ1) is 8.49. The second-order valence-electron chi connectivity index (χ2n) is 5.28. The van der Waals surface area contributed by atoms with Crippen molar-refractivity contribution >= 4 is 28.4 Å². The number of nitrogens with zero attached hydrogens (tertiary/aromatic N) is 1. The van der Waals surface area contributed by atoms with E-state index in [4.69, 9.17) is 5.73 Å². The van der Waals surface area contributed by atoms with E-state index < -0.39 is 0 Å². The van der Waals surface area contributed by atoms with E-state index in [9.17, 15) is 0 Å². The van der Waals surface area contributed by atoms with Crippen LogP contribution in [0.3, 0.4) is 0 Å². The molecule has 0 bridgehead atoms. The molecule has 0 aliphatic heterocycles. The number of hydrogen-bond acceptors (Lipinski definition) is 2. The summed E-state index contributed by atoms with van der Waals surface area (Å²) >= 11 is 1.98. The minimum atomic E-state index is 0.465. The number of aromatic nitrogens is 1. The van der Waals surface area contributed by atoms with Gasteiger partial charge in [0.2, 0.25) is 0 Å². The van der Waals surface area contributed by atoms with Gasteiger partial charge >= 0.3 is 0 Å². The van der Waals surface area contributed by atoms with Crippen molar-refractivity contribution in [3.63, 3.8) is 0 Å². The SMILES string of the molecule is CC(C)SCc1cc2ccc(N)cc2n1C(C)C. The third-order valence-corrected chi connectivity index (χ3v) is 4.16. The highest BCUT2D eigenvalue weighted by atomic mass is 32.2. The maximum absolute atomic E-state index is 5.91. The van der Waals surface area contributed by atoms with Crippen molar-refractivity contribution in [2.45, 2.75) is 44.7 Å². The van der Waals surface area contributed by atoms with Gasteiger partial charge in [0.25, 0.3) is 0 Å². The minimum Gasteiger partial charge on any atom is -0.399 e. The second kappa shape index (κ2) is 5.27.